The van der Waals surface area contributed by atoms with Crippen molar-refractivity contribution >= 4 is 0 Å². The van der Waals surface area contributed by atoms with E-state index in [9.17, 15) is 5.11 Å². The molecule has 0 bridgehead atoms. The Labute approximate surface area is 236 Å². The highest BCUT2D eigenvalue weighted by Crippen LogP contribution is 2.42. The van der Waals surface area contributed by atoms with Crippen molar-refractivity contribution in [2.24, 2.45) is 0 Å². The van der Waals surface area contributed by atoms with Crippen molar-refractivity contribution in [3.8, 4) is 51.3 Å². The Morgan fingerprint density at radius 3 is 1.98 bits per heavy atom. The fourth-order valence-electron chi connectivity index (χ4n) is 4.53. The van der Waals surface area contributed by atoms with Crippen LogP contribution in [0.25, 0.3) is 33.9 Å². The second kappa shape index (κ2) is 10.6. The predicted molar refractivity (Wildman–Crippen MR) is 162 cm³/mol. The lowest BCUT2D eigenvalue weighted by molar-refractivity contribution is 0.446. The van der Waals surface area contributed by atoms with E-state index in [1.807, 2.05) is 84.9 Å². The van der Waals surface area contributed by atoms with Gasteiger partial charge in [0.15, 0.2) is 5.82 Å². The summed E-state index contributed by atoms with van der Waals surface area (Å²) >= 11 is 0. The molecule has 0 aliphatic carbocycles. The first-order valence-electron chi connectivity index (χ1n) is 13.5. The van der Waals surface area contributed by atoms with Gasteiger partial charge in [-0.3, -0.25) is 0 Å². The minimum Gasteiger partial charge on any atom is -0.507 e. The maximum atomic E-state index is 11.6. The molecule has 5 rings (SSSR count). The monoisotopic (exact) mass is 529 g/mol. The van der Waals surface area contributed by atoms with Crippen LogP contribution in [0.5, 0.6) is 17.4 Å². The summed E-state index contributed by atoms with van der Waals surface area (Å²) in [5, 5.41) is 11.6. The van der Waals surface area contributed by atoms with Crippen molar-refractivity contribution in [3.05, 3.63) is 108 Å². The lowest BCUT2D eigenvalue weighted by atomic mass is 9.79. The molecule has 0 radical (unpaired) electrons. The molecule has 0 fully saturated rings. The second-order valence-electron chi connectivity index (χ2n) is 12.0. The Balaban J connectivity index is 1.71. The molecule has 0 aliphatic rings. The second-order valence-corrected chi connectivity index (χ2v) is 12.0. The van der Waals surface area contributed by atoms with Crippen LogP contribution < -0.4 is 4.74 Å². The zero-order chi connectivity index (χ0) is 28.5. The highest BCUT2D eigenvalue weighted by molar-refractivity contribution is 5.75. The van der Waals surface area contributed by atoms with Crippen LogP contribution in [0.1, 0.15) is 52.7 Å². The highest BCUT2D eigenvalue weighted by Gasteiger charge is 2.27. The third-order valence-corrected chi connectivity index (χ3v) is 6.81. The Bertz CT molecular complexity index is 1630. The number of hydrogen-bond acceptors (Lipinski definition) is 5. The van der Waals surface area contributed by atoms with Gasteiger partial charge >= 0.3 is 0 Å². The van der Waals surface area contributed by atoms with Crippen molar-refractivity contribution in [1.82, 2.24) is 15.0 Å². The lowest BCUT2D eigenvalue weighted by Gasteiger charge is -2.27. The van der Waals surface area contributed by atoms with Gasteiger partial charge in [0.1, 0.15) is 11.5 Å². The van der Waals surface area contributed by atoms with Crippen LogP contribution in [0.4, 0.5) is 0 Å². The van der Waals surface area contributed by atoms with E-state index in [0.717, 1.165) is 33.6 Å². The molecular formula is C35H35N3O2. The third-order valence-electron chi connectivity index (χ3n) is 6.81. The molecule has 0 spiro atoms. The van der Waals surface area contributed by atoms with Crippen molar-refractivity contribution in [1.29, 1.82) is 0 Å². The van der Waals surface area contributed by atoms with Gasteiger partial charge < -0.3 is 9.84 Å². The molecule has 0 saturated carbocycles. The van der Waals surface area contributed by atoms with E-state index in [-0.39, 0.29) is 16.6 Å². The molecule has 0 unspecified atom stereocenters. The number of rotatable bonds is 5. The van der Waals surface area contributed by atoms with E-state index in [0.29, 0.717) is 23.0 Å². The molecular weight excluding hydrogens is 494 g/mol. The van der Waals surface area contributed by atoms with Crippen LogP contribution in [0.3, 0.4) is 0 Å². The summed E-state index contributed by atoms with van der Waals surface area (Å²) in [5.74, 6) is 1.86. The van der Waals surface area contributed by atoms with Crippen LogP contribution in [0.2, 0.25) is 0 Å². The van der Waals surface area contributed by atoms with Crippen LogP contribution in [0, 0.1) is 0 Å². The van der Waals surface area contributed by atoms with Crippen LogP contribution >= 0.6 is 0 Å². The van der Waals surface area contributed by atoms with Gasteiger partial charge in [-0.2, -0.15) is 0 Å². The smallest absolute Gasteiger partial charge is 0.219 e. The summed E-state index contributed by atoms with van der Waals surface area (Å²) in [6.07, 6.45) is 1.70. The van der Waals surface area contributed by atoms with Gasteiger partial charge in [0.05, 0.1) is 17.0 Å². The van der Waals surface area contributed by atoms with Gasteiger partial charge in [-0.25, -0.2) is 15.0 Å². The van der Waals surface area contributed by atoms with Gasteiger partial charge in [0.2, 0.25) is 5.88 Å². The minimum absolute atomic E-state index is 0.126. The predicted octanol–water partition coefficient (Wildman–Crippen LogP) is 8.97. The molecule has 5 heteroatoms. The van der Waals surface area contributed by atoms with Crippen LogP contribution in [-0.2, 0) is 10.8 Å². The van der Waals surface area contributed by atoms with Gasteiger partial charge in [-0.1, -0.05) is 96.1 Å². The molecule has 0 atom stereocenters. The number of phenolic OH excluding ortho intramolecular Hbond substituents is 1. The van der Waals surface area contributed by atoms with Gasteiger partial charge in [0.25, 0.3) is 0 Å². The average Bonchev–Trinajstić information content (AvgIpc) is 2.93. The minimum atomic E-state index is -0.267. The first-order chi connectivity index (χ1) is 19.0. The fourth-order valence-corrected chi connectivity index (χ4v) is 4.53. The molecule has 1 N–H and O–H groups in total. The molecule has 0 saturated heterocycles. The summed E-state index contributed by atoms with van der Waals surface area (Å²) in [5.41, 5.74) is 5.56. The van der Waals surface area contributed by atoms with Gasteiger partial charge in [-0.05, 0) is 46.7 Å². The molecule has 5 aromatic rings. The Morgan fingerprint density at radius 2 is 1.32 bits per heavy atom. The van der Waals surface area contributed by atoms with E-state index in [1.165, 1.54) is 0 Å². The molecule has 202 valence electrons. The van der Waals surface area contributed by atoms with Crippen LogP contribution in [0.15, 0.2) is 97.2 Å². The van der Waals surface area contributed by atoms with E-state index in [1.54, 1.807) is 6.20 Å². The molecule has 0 aliphatic heterocycles. The normalized spacial score (nSPS) is 11.8. The van der Waals surface area contributed by atoms with Gasteiger partial charge in [-0.15, -0.1) is 0 Å². The van der Waals surface area contributed by atoms with E-state index in [4.69, 9.17) is 14.7 Å². The molecule has 40 heavy (non-hydrogen) atoms. The largest absolute Gasteiger partial charge is 0.507 e. The number of benzene rings is 3. The zero-order valence-corrected chi connectivity index (χ0v) is 23.9. The van der Waals surface area contributed by atoms with Gasteiger partial charge in [0, 0.05) is 29.0 Å². The third kappa shape index (κ3) is 5.89. The van der Waals surface area contributed by atoms with E-state index < -0.39 is 0 Å². The first kappa shape index (κ1) is 27.1. The summed E-state index contributed by atoms with van der Waals surface area (Å²) in [4.78, 5) is 14.3. The maximum Gasteiger partial charge on any atom is 0.219 e. The summed E-state index contributed by atoms with van der Waals surface area (Å²) in [6.45, 7) is 12.9. The zero-order valence-electron chi connectivity index (χ0n) is 23.9. The lowest BCUT2D eigenvalue weighted by Crippen LogP contribution is -2.17. The highest BCUT2D eigenvalue weighted by atomic mass is 16.5. The fraction of sp³-hybridized carbons (Fsp3) is 0.229. The molecule has 2 aromatic heterocycles. The summed E-state index contributed by atoms with van der Waals surface area (Å²) in [7, 11) is 0. The van der Waals surface area contributed by atoms with Crippen molar-refractivity contribution < 1.29 is 9.84 Å². The SMILES string of the molecule is CC(C)(C)c1cc(-c2nc(-c3ccccc3)cc(-c3cccc(Oc4ccccn4)c3)n2)c(O)c(C(C)(C)C)c1. The number of nitrogens with zero attached hydrogens (tertiary/aromatic N) is 3. The van der Waals surface area contributed by atoms with Crippen LogP contribution in [-0.4, -0.2) is 20.1 Å². The number of phenols is 1. The standard InChI is InChI=1S/C35H35N3O2/c1-34(2,3)25-20-27(32(39)28(21-25)35(4,5)6)33-37-29(23-13-8-7-9-14-23)22-30(38-33)24-15-12-16-26(19-24)40-31-17-10-11-18-36-31/h7-22,39H,1-6H3. The van der Waals surface area contributed by atoms with E-state index in [2.05, 4.69) is 52.6 Å². The topological polar surface area (TPSA) is 68.1 Å². The number of hydrogen-bond donors (Lipinski definition) is 1. The molecule has 3 aromatic carbocycles. The van der Waals surface area contributed by atoms with Crippen molar-refractivity contribution in [3.63, 3.8) is 0 Å². The summed E-state index contributed by atoms with van der Waals surface area (Å²) in [6, 6.07) is 29.5. The first-order valence-corrected chi connectivity index (χ1v) is 13.5. The number of aromatic hydroxyl groups is 1. The molecule has 5 nitrogen and oxygen atoms in total. The Morgan fingerprint density at radius 1 is 0.650 bits per heavy atom. The molecule has 2 heterocycles. The summed E-state index contributed by atoms with van der Waals surface area (Å²) < 4.78 is 6.00. The number of ether oxygens (including phenoxy) is 1. The average molecular weight is 530 g/mol. The Kier molecular flexibility index (Phi) is 7.16. The Hall–Kier alpha value is -4.51. The maximum absolute atomic E-state index is 11.6. The molecule has 0 amide bonds. The van der Waals surface area contributed by atoms with E-state index >= 15 is 0 Å². The van der Waals surface area contributed by atoms with Crippen molar-refractivity contribution in [2.45, 2.75) is 52.4 Å². The number of pyridine rings is 1. The quantitative estimate of drug-likeness (QED) is 0.246. The van der Waals surface area contributed by atoms with Crippen molar-refractivity contribution in [2.75, 3.05) is 0 Å². The number of aromatic nitrogens is 3.